The zero-order chi connectivity index (χ0) is 26.4. The summed E-state index contributed by atoms with van der Waals surface area (Å²) in [6.07, 6.45) is -0.998. The summed E-state index contributed by atoms with van der Waals surface area (Å²) in [6.45, 7) is 0. The fourth-order valence-electron chi connectivity index (χ4n) is 2.52. The molecule has 0 fully saturated rings. The molecule has 4 atom stereocenters. The van der Waals surface area contributed by atoms with Gasteiger partial charge in [0, 0.05) is 6.42 Å². The fraction of sp³-hybridized carbons (Fsp3) is 0.611. The van der Waals surface area contributed by atoms with Crippen molar-refractivity contribution in [2.45, 2.75) is 56.3 Å². The number of hydrogen-bond donors (Lipinski definition) is 8. The van der Waals surface area contributed by atoms with Gasteiger partial charge in [0.2, 0.25) is 17.7 Å². The highest BCUT2D eigenvalue weighted by molar-refractivity contribution is 7.98. The molecule has 34 heavy (non-hydrogen) atoms. The molecule has 0 heterocycles. The van der Waals surface area contributed by atoms with Crippen LogP contribution in [0.15, 0.2) is 0 Å². The van der Waals surface area contributed by atoms with Crippen molar-refractivity contribution in [3.05, 3.63) is 0 Å². The highest BCUT2D eigenvalue weighted by Crippen LogP contribution is 2.05. The van der Waals surface area contributed by atoms with Gasteiger partial charge in [-0.3, -0.25) is 28.8 Å². The summed E-state index contributed by atoms with van der Waals surface area (Å²) in [5.74, 6) is -8.51. The summed E-state index contributed by atoms with van der Waals surface area (Å²) >= 11 is 1.31. The van der Waals surface area contributed by atoms with Crippen molar-refractivity contribution in [2.75, 3.05) is 12.0 Å². The summed E-state index contributed by atoms with van der Waals surface area (Å²) in [4.78, 5) is 81.2. The number of carboxylic acid groups (broad SMARTS) is 4. The van der Waals surface area contributed by atoms with E-state index >= 15 is 0 Å². The van der Waals surface area contributed by atoms with Crippen LogP contribution in [-0.2, 0) is 33.6 Å². The van der Waals surface area contributed by atoms with Crippen molar-refractivity contribution in [3.63, 3.8) is 0 Å². The second kappa shape index (κ2) is 15.4. The normalized spacial score (nSPS) is 14.1. The minimum Gasteiger partial charge on any atom is -0.481 e. The average Bonchev–Trinajstić information content (AvgIpc) is 2.71. The topological polar surface area (TPSA) is 263 Å². The first kappa shape index (κ1) is 30.6. The van der Waals surface area contributed by atoms with Gasteiger partial charge >= 0.3 is 23.9 Å². The van der Waals surface area contributed by atoms with Gasteiger partial charge in [-0.1, -0.05) is 0 Å². The molecule has 0 bridgehead atoms. The summed E-state index contributed by atoms with van der Waals surface area (Å²) in [5, 5.41) is 42.1. The lowest BCUT2D eigenvalue weighted by atomic mass is 10.1. The molecule has 0 aromatic rings. The number of hydrogen-bond acceptors (Lipinski definition) is 9. The molecule has 0 saturated carbocycles. The Labute approximate surface area is 197 Å². The molecule has 0 aromatic carbocycles. The van der Waals surface area contributed by atoms with Gasteiger partial charge < -0.3 is 42.1 Å². The van der Waals surface area contributed by atoms with Crippen LogP contribution in [0.25, 0.3) is 0 Å². The van der Waals surface area contributed by atoms with Gasteiger partial charge in [0.25, 0.3) is 0 Å². The maximum atomic E-state index is 12.7. The van der Waals surface area contributed by atoms with E-state index in [0.29, 0.717) is 5.75 Å². The minimum atomic E-state index is -1.75. The number of aliphatic carboxylic acids is 4. The molecule has 0 aliphatic rings. The van der Waals surface area contributed by atoms with Crippen LogP contribution < -0.4 is 21.7 Å². The monoisotopic (exact) mass is 508 g/mol. The van der Waals surface area contributed by atoms with Crippen LogP contribution in [-0.4, -0.2) is 98.2 Å². The summed E-state index contributed by atoms with van der Waals surface area (Å²) in [7, 11) is 0. The highest BCUT2D eigenvalue weighted by Gasteiger charge is 2.31. The largest absolute Gasteiger partial charge is 0.481 e. The Hall–Kier alpha value is -3.40. The van der Waals surface area contributed by atoms with Crippen molar-refractivity contribution in [2.24, 2.45) is 5.73 Å². The van der Waals surface area contributed by atoms with Crippen molar-refractivity contribution < 1.29 is 54.0 Å². The van der Waals surface area contributed by atoms with Crippen LogP contribution in [0.1, 0.15) is 32.1 Å². The van der Waals surface area contributed by atoms with Crippen molar-refractivity contribution in [1.82, 2.24) is 16.0 Å². The van der Waals surface area contributed by atoms with Crippen LogP contribution >= 0.6 is 11.8 Å². The number of amides is 3. The van der Waals surface area contributed by atoms with Gasteiger partial charge in [0.05, 0.1) is 18.9 Å². The lowest BCUT2D eigenvalue weighted by Gasteiger charge is -2.24. The molecule has 4 unspecified atom stereocenters. The Morgan fingerprint density at radius 2 is 1.21 bits per heavy atom. The quantitative estimate of drug-likeness (QED) is 0.100. The number of nitrogens with one attached hydrogen (secondary N) is 3. The molecule has 0 rings (SSSR count). The third-order valence-electron chi connectivity index (χ3n) is 4.25. The van der Waals surface area contributed by atoms with E-state index in [1.807, 2.05) is 5.32 Å². The molecule has 16 heteroatoms. The molecular weight excluding hydrogens is 480 g/mol. The Balaban J connectivity index is 5.50. The first-order valence-corrected chi connectivity index (χ1v) is 11.2. The van der Waals surface area contributed by atoms with E-state index in [1.54, 1.807) is 6.26 Å². The first-order valence-electron chi connectivity index (χ1n) is 9.82. The van der Waals surface area contributed by atoms with Crippen LogP contribution in [0.2, 0.25) is 0 Å². The van der Waals surface area contributed by atoms with E-state index in [2.05, 4.69) is 10.6 Å². The number of thioether (sulfide) groups is 1. The molecule has 0 aliphatic heterocycles. The molecule has 0 radical (unpaired) electrons. The molecule has 0 saturated heterocycles. The predicted molar refractivity (Wildman–Crippen MR) is 116 cm³/mol. The van der Waals surface area contributed by atoms with Crippen LogP contribution in [0.4, 0.5) is 0 Å². The molecule has 3 amide bonds. The van der Waals surface area contributed by atoms with Gasteiger partial charge in [-0.25, -0.2) is 4.79 Å². The zero-order valence-electron chi connectivity index (χ0n) is 18.2. The van der Waals surface area contributed by atoms with E-state index < -0.39 is 91.4 Å². The molecule has 0 aliphatic carbocycles. The molecular formula is C18H28N4O11S. The Morgan fingerprint density at radius 1 is 0.706 bits per heavy atom. The van der Waals surface area contributed by atoms with E-state index in [4.69, 9.17) is 26.2 Å². The number of carbonyl (C=O) groups is 7. The van der Waals surface area contributed by atoms with Gasteiger partial charge in [-0.15, -0.1) is 0 Å². The van der Waals surface area contributed by atoms with Crippen molar-refractivity contribution in [1.29, 1.82) is 0 Å². The smallest absolute Gasteiger partial charge is 0.326 e. The van der Waals surface area contributed by atoms with Crippen LogP contribution in [0.3, 0.4) is 0 Å². The molecule has 0 aromatic heterocycles. The average molecular weight is 509 g/mol. The van der Waals surface area contributed by atoms with Crippen LogP contribution in [0, 0.1) is 0 Å². The van der Waals surface area contributed by atoms with E-state index in [0.717, 1.165) is 0 Å². The Kier molecular flexibility index (Phi) is 13.9. The lowest BCUT2D eigenvalue weighted by molar-refractivity contribution is -0.144. The third-order valence-corrected chi connectivity index (χ3v) is 4.89. The summed E-state index contributed by atoms with van der Waals surface area (Å²) < 4.78 is 0. The van der Waals surface area contributed by atoms with Crippen molar-refractivity contribution >= 4 is 53.4 Å². The van der Waals surface area contributed by atoms with Gasteiger partial charge in [0.15, 0.2) is 0 Å². The van der Waals surface area contributed by atoms with Crippen LogP contribution in [0.5, 0.6) is 0 Å². The minimum absolute atomic E-state index is 0.0241. The van der Waals surface area contributed by atoms with Gasteiger partial charge in [-0.05, 0) is 24.9 Å². The maximum absolute atomic E-state index is 12.7. The standard InChI is InChI=1S/C18H28N4O11S/c1-34-5-4-9(20-15(29)8(19)6-13(25)26)16(30)22-11(7-14(27)28)17(31)21-10(18(32)33)2-3-12(23)24/h8-11H,2-7,19H2,1H3,(H,20,29)(H,21,31)(H,22,30)(H,23,24)(H,25,26)(H,27,28)(H,32,33). The van der Waals surface area contributed by atoms with E-state index in [-0.39, 0.29) is 6.42 Å². The SMILES string of the molecule is CSCCC(NC(=O)C(N)CC(=O)O)C(=O)NC(CC(=O)O)C(=O)NC(CCC(=O)O)C(=O)O. The number of carboxylic acids is 4. The fourth-order valence-corrected chi connectivity index (χ4v) is 2.99. The lowest BCUT2D eigenvalue weighted by Crippen LogP contribution is -2.57. The van der Waals surface area contributed by atoms with Crippen molar-refractivity contribution in [3.8, 4) is 0 Å². The maximum Gasteiger partial charge on any atom is 0.326 e. The number of carbonyl (C=O) groups excluding carboxylic acids is 3. The molecule has 192 valence electrons. The zero-order valence-corrected chi connectivity index (χ0v) is 19.0. The predicted octanol–water partition coefficient (Wildman–Crippen LogP) is -2.58. The highest BCUT2D eigenvalue weighted by atomic mass is 32.2. The number of nitrogens with two attached hydrogens (primary N) is 1. The second-order valence-corrected chi connectivity index (χ2v) is 8.02. The molecule has 15 nitrogen and oxygen atoms in total. The summed E-state index contributed by atoms with van der Waals surface area (Å²) in [6, 6.07) is -6.17. The summed E-state index contributed by atoms with van der Waals surface area (Å²) in [5.41, 5.74) is 5.47. The second-order valence-electron chi connectivity index (χ2n) is 7.04. The van der Waals surface area contributed by atoms with E-state index in [1.165, 1.54) is 11.8 Å². The number of rotatable bonds is 17. The molecule has 9 N–H and O–H groups in total. The van der Waals surface area contributed by atoms with E-state index in [9.17, 15) is 33.6 Å². The Morgan fingerprint density at radius 3 is 1.68 bits per heavy atom. The van der Waals surface area contributed by atoms with Gasteiger partial charge in [-0.2, -0.15) is 11.8 Å². The third kappa shape index (κ3) is 12.6. The first-order chi connectivity index (χ1) is 15.8. The Bertz CT molecular complexity index is 792. The van der Waals surface area contributed by atoms with Gasteiger partial charge in [0.1, 0.15) is 18.1 Å². The molecule has 0 spiro atoms.